The molecular weight excluding hydrogens is 528 g/mol. The smallest absolute Gasteiger partial charge is 0.292 e. The first-order valence-electron chi connectivity index (χ1n) is 9.28. The van der Waals surface area contributed by atoms with Crippen molar-refractivity contribution in [2.45, 2.75) is 31.0 Å². The minimum atomic E-state index is -5.00. The summed E-state index contributed by atoms with van der Waals surface area (Å²) in [5.41, 5.74) is -5.11. The Morgan fingerprint density at radius 1 is 1.24 bits per heavy atom. The molecule has 0 spiro atoms. The third kappa shape index (κ3) is 6.00. The average molecular weight is 547 g/mol. The third-order valence-electron chi connectivity index (χ3n) is 4.56. The molecule has 0 aliphatic heterocycles. The maximum atomic E-state index is 14.5. The molecule has 0 saturated carbocycles. The lowest BCUT2D eigenvalue weighted by molar-refractivity contribution is -0.144. The molecule has 34 heavy (non-hydrogen) atoms. The third-order valence-corrected chi connectivity index (χ3v) is 7.71. The van der Waals surface area contributed by atoms with Crippen LogP contribution in [0.15, 0.2) is 32.7 Å². The van der Waals surface area contributed by atoms with Gasteiger partial charge in [-0.05, 0) is 26.0 Å². The first kappa shape index (κ1) is 27.9. The second-order valence-corrected chi connectivity index (χ2v) is 10.4. The van der Waals surface area contributed by atoms with Crippen LogP contribution >= 0.6 is 23.4 Å². The highest BCUT2D eigenvalue weighted by Gasteiger charge is 2.35. The quantitative estimate of drug-likeness (QED) is 0.421. The van der Waals surface area contributed by atoms with E-state index in [1.807, 2.05) is 4.72 Å². The number of thioether (sulfide) groups is 1. The number of rotatable bonds is 7. The minimum absolute atomic E-state index is 0.0309. The summed E-state index contributed by atoms with van der Waals surface area (Å²) in [6.45, 7) is 3.18. The number of benzene rings is 1. The van der Waals surface area contributed by atoms with Crippen molar-refractivity contribution < 1.29 is 30.8 Å². The summed E-state index contributed by atoms with van der Waals surface area (Å²) in [5, 5.41) is -0.238. The number of aromatic nitrogens is 2. The zero-order chi connectivity index (χ0) is 26.2. The van der Waals surface area contributed by atoms with Crippen LogP contribution in [0.5, 0.6) is 0 Å². The molecule has 0 bridgehead atoms. The fraction of sp³-hybridized carbons (Fsp3) is 0.389. The van der Waals surface area contributed by atoms with Crippen molar-refractivity contribution in [1.82, 2.24) is 18.2 Å². The Hall–Kier alpha value is -2.36. The zero-order valence-corrected chi connectivity index (χ0v) is 20.5. The molecule has 1 aromatic carbocycles. The minimum Gasteiger partial charge on any atom is -0.292 e. The van der Waals surface area contributed by atoms with Gasteiger partial charge in [-0.25, -0.2) is 18.5 Å². The van der Waals surface area contributed by atoms with Crippen molar-refractivity contribution in [3.63, 3.8) is 0 Å². The van der Waals surface area contributed by atoms with Crippen LogP contribution in [0.1, 0.15) is 19.5 Å². The van der Waals surface area contributed by atoms with E-state index in [1.165, 1.54) is 7.05 Å². The van der Waals surface area contributed by atoms with E-state index in [4.69, 9.17) is 11.6 Å². The maximum absolute atomic E-state index is 14.5. The fourth-order valence-electron chi connectivity index (χ4n) is 2.59. The normalized spacial score (nSPS) is 12.4. The summed E-state index contributed by atoms with van der Waals surface area (Å²) in [7, 11) is -2.09. The van der Waals surface area contributed by atoms with Gasteiger partial charge in [0.1, 0.15) is 11.5 Å². The standard InChI is InChI=1S/C18H19ClF4N4O5S2/c1-9(2)26(4)34(31,32)24-15(28)8-33-13-6-12(11(20)5-10(13)19)27-16(29)7-14(18(21,22)23)25(3)17(27)30/h5-7,9H,8H2,1-4H3,(H,24,28). The largest absolute Gasteiger partial charge is 0.431 e. The van der Waals surface area contributed by atoms with E-state index in [-0.39, 0.29) is 25.1 Å². The Labute approximate surface area is 200 Å². The Bertz CT molecular complexity index is 1340. The Kier molecular flexibility index (Phi) is 8.28. The van der Waals surface area contributed by atoms with Crippen LogP contribution in [-0.2, 0) is 28.2 Å². The lowest BCUT2D eigenvalue weighted by Crippen LogP contribution is -2.45. The van der Waals surface area contributed by atoms with E-state index in [0.29, 0.717) is 17.8 Å². The number of nitrogens with one attached hydrogen (secondary N) is 1. The molecular formula is C18H19ClF4N4O5S2. The number of carbonyl (C=O) groups is 1. The predicted octanol–water partition coefficient (Wildman–Crippen LogP) is 2.14. The molecule has 1 N–H and O–H groups in total. The topological polar surface area (TPSA) is 110 Å². The number of nitrogens with zero attached hydrogens (tertiary/aromatic N) is 3. The molecule has 2 rings (SSSR count). The molecule has 1 aromatic heterocycles. The van der Waals surface area contributed by atoms with Gasteiger partial charge in [-0.1, -0.05) is 11.6 Å². The van der Waals surface area contributed by atoms with Crippen molar-refractivity contribution in [2.24, 2.45) is 7.05 Å². The van der Waals surface area contributed by atoms with Gasteiger partial charge in [0.15, 0.2) is 0 Å². The van der Waals surface area contributed by atoms with Crippen molar-refractivity contribution in [2.75, 3.05) is 12.8 Å². The number of hydrogen-bond donors (Lipinski definition) is 1. The van der Waals surface area contributed by atoms with E-state index in [9.17, 15) is 40.4 Å². The summed E-state index contributed by atoms with van der Waals surface area (Å²) in [6, 6.07) is 1.33. The molecule has 0 fully saturated rings. The monoisotopic (exact) mass is 546 g/mol. The van der Waals surface area contributed by atoms with Gasteiger partial charge in [0.2, 0.25) is 5.91 Å². The van der Waals surface area contributed by atoms with Crippen LogP contribution in [0.25, 0.3) is 5.69 Å². The van der Waals surface area contributed by atoms with E-state index in [1.54, 1.807) is 13.8 Å². The van der Waals surface area contributed by atoms with Crippen LogP contribution < -0.4 is 16.0 Å². The van der Waals surface area contributed by atoms with Gasteiger partial charge >= 0.3 is 22.1 Å². The van der Waals surface area contributed by atoms with E-state index < -0.39 is 62.5 Å². The highest BCUT2D eigenvalue weighted by molar-refractivity contribution is 8.00. The predicted molar refractivity (Wildman–Crippen MR) is 118 cm³/mol. The van der Waals surface area contributed by atoms with Gasteiger partial charge in [-0.2, -0.15) is 25.9 Å². The fourth-order valence-corrected chi connectivity index (χ4v) is 4.80. The van der Waals surface area contributed by atoms with Gasteiger partial charge in [0.05, 0.1) is 16.5 Å². The number of alkyl halides is 3. The summed E-state index contributed by atoms with van der Waals surface area (Å²) >= 11 is 6.61. The highest BCUT2D eigenvalue weighted by Crippen LogP contribution is 2.31. The molecule has 2 aromatic rings. The van der Waals surface area contributed by atoms with E-state index >= 15 is 0 Å². The number of carbonyl (C=O) groups excluding carboxylic acids is 1. The van der Waals surface area contributed by atoms with Gasteiger partial charge < -0.3 is 0 Å². The van der Waals surface area contributed by atoms with Crippen LogP contribution in [0.4, 0.5) is 17.6 Å². The summed E-state index contributed by atoms with van der Waals surface area (Å²) in [5.74, 6) is -2.63. The summed E-state index contributed by atoms with van der Waals surface area (Å²) in [6.07, 6.45) is -5.00. The molecule has 1 heterocycles. The molecule has 16 heteroatoms. The van der Waals surface area contributed by atoms with Crippen LogP contribution in [0, 0.1) is 5.82 Å². The maximum Gasteiger partial charge on any atom is 0.431 e. The molecule has 9 nitrogen and oxygen atoms in total. The van der Waals surface area contributed by atoms with Gasteiger partial charge in [-0.15, -0.1) is 11.8 Å². The molecule has 188 valence electrons. The number of halogens is 5. The Balaban J connectivity index is 2.41. The SMILES string of the molecule is CC(C)N(C)S(=O)(=O)NC(=O)CSc1cc(-n2c(=O)cc(C(F)(F)F)n(C)c2=O)c(F)cc1Cl. The van der Waals surface area contributed by atoms with Crippen LogP contribution in [-0.4, -0.2) is 46.6 Å². The molecule has 0 aliphatic rings. The number of hydrogen-bond acceptors (Lipinski definition) is 6. The number of amides is 1. The highest BCUT2D eigenvalue weighted by atomic mass is 35.5. The molecule has 1 amide bonds. The summed E-state index contributed by atoms with van der Waals surface area (Å²) in [4.78, 5) is 36.8. The van der Waals surface area contributed by atoms with Gasteiger partial charge in [-0.3, -0.25) is 14.2 Å². The van der Waals surface area contributed by atoms with Crippen molar-refractivity contribution in [3.05, 3.63) is 55.6 Å². The Morgan fingerprint density at radius 3 is 2.35 bits per heavy atom. The average Bonchev–Trinajstić information content (AvgIpc) is 2.69. The van der Waals surface area contributed by atoms with Crippen molar-refractivity contribution >= 4 is 39.5 Å². The molecule has 0 aliphatic carbocycles. The first-order valence-corrected chi connectivity index (χ1v) is 12.1. The lowest BCUT2D eigenvalue weighted by atomic mass is 10.3. The first-order chi connectivity index (χ1) is 15.5. The van der Waals surface area contributed by atoms with Crippen molar-refractivity contribution in [3.8, 4) is 5.69 Å². The van der Waals surface area contributed by atoms with E-state index in [0.717, 1.165) is 17.4 Å². The van der Waals surface area contributed by atoms with Crippen LogP contribution in [0.2, 0.25) is 5.02 Å². The van der Waals surface area contributed by atoms with Gasteiger partial charge in [0, 0.05) is 31.1 Å². The van der Waals surface area contributed by atoms with Gasteiger partial charge in [0.25, 0.3) is 5.56 Å². The second kappa shape index (κ2) is 10.1. The van der Waals surface area contributed by atoms with Crippen molar-refractivity contribution in [1.29, 1.82) is 0 Å². The second-order valence-electron chi connectivity index (χ2n) is 7.21. The molecule has 0 saturated heterocycles. The van der Waals surface area contributed by atoms with Crippen LogP contribution in [0.3, 0.4) is 0 Å². The molecule has 0 radical (unpaired) electrons. The molecule has 0 atom stereocenters. The molecule has 0 unspecified atom stereocenters. The zero-order valence-electron chi connectivity index (χ0n) is 18.1. The lowest BCUT2D eigenvalue weighted by Gasteiger charge is -2.20. The summed E-state index contributed by atoms with van der Waals surface area (Å²) < 4.78 is 81.0. The Morgan fingerprint density at radius 2 is 1.82 bits per heavy atom. The van der Waals surface area contributed by atoms with E-state index in [2.05, 4.69) is 0 Å².